The van der Waals surface area contributed by atoms with Gasteiger partial charge in [-0.3, -0.25) is 9.59 Å². The molecule has 0 aromatic rings. The van der Waals surface area contributed by atoms with Crippen molar-refractivity contribution >= 4 is 11.9 Å². The Bertz CT molecular complexity index is 352. The van der Waals surface area contributed by atoms with Crippen LogP contribution in [0.1, 0.15) is 112 Å². The third-order valence-corrected chi connectivity index (χ3v) is 5.14. The fraction of sp³-hybridized carbons (Fsp3) is 0.909. The van der Waals surface area contributed by atoms with Crippen molar-refractivity contribution in [3.8, 4) is 0 Å². The van der Waals surface area contributed by atoms with Gasteiger partial charge in [0.25, 0.3) is 0 Å². The molecule has 0 aliphatic carbocycles. The summed E-state index contributed by atoms with van der Waals surface area (Å²) < 4.78 is 5.10. The van der Waals surface area contributed by atoms with Gasteiger partial charge in [-0.25, -0.2) is 0 Å². The molecule has 0 heterocycles. The standard InChI is InChI=1S/2C11H22O2/c1-4-6-7-8-9-11(3,5-2)10(12)13;1-4-6-7-8-9-13-11(12)10(3)5-2/h4-9H2,1-3H3,(H,12,13);10H,4-9H2,1-3H3. The number of carboxylic acid groups (broad SMARTS) is 1. The van der Waals surface area contributed by atoms with Crippen LogP contribution in [0.5, 0.6) is 0 Å². The predicted molar refractivity (Wildman–Crippen MR) is 109 cm³/mol. The summed E-state index contributed by atoms with van der Waals surface area (Å²) in [7, 11) is 0. The molecule has 0 aromatic carbocycles. The van der Waals surface area contributed by atoms with Crippen molar-refractivity contribution in [2.45, 2.75) is 112 Å². The Balaban J connectivity index is 0. The van der Waals surface area contributed by atoms with Crippen LogP contribution in [0.25, 0.3) is 0 Å². The summed E-state index contributed by atoms with van der Waals surface area (Å²) in [6.07, 6.45) is 11.7. The molecule has 0 aliphatic heterocycles. The first-order valence-corrected chi connectivity index (χ1v) is 10.7. The quantitative estimate of drug-likeness (QED) is 0.275. The first kappa shape index (κ1) is 27.2. The van der Waals surface area contributed by atoms with E-state index in [1.165, 1.54) is 38.5 Å². The van der Waals surface area contributed by atoms with Crippen LogP contribution in [-0.2, 0) is 14.3 Å². The summed E-state index contributed by atoms with van der Waals surface area (Å²) >= 11 is 0. The molecule has 0 saturated carbocycles. The first-order valence-electron chi connectivity index (χ1n) is 10.7. The highest BCUT2D eigenvalue weighted by Crippen LogP contribution is 2.28. The van der Waals surface area contributed by atoms with Crippen molar-refractivity contribution in [1.29, 1.82) is 0 Å². The number of carboxylic acids is 1. The average Bonchev–Trinajstić information content (AvgIpc) is 2.64. The third-order valence-electron chi connectivity index (χ3n) is 5.14. The smallest absolute Gasteiger partial charge is 0.309 e. The lowest BCUT2D eigenvalue weighted by Gasteiger charge is -2.22. The summed E-state index contributed by atoms with van der Waals surface area (Å²) in [4.78, 5) is 22.1. The van der Waals surface area contributed by atoms with E-state index in [2.05, 4.69) is 13.8 Å². The van der Waals surface area contributed by atoms with Gasteiger partial charge in [0.05, 0.1) is 17.9 Å². The van der Waals surface area contributed by atoms with Gasteiger partial charge >= 0.3 is 11.9 Å². The molecular weight excluding hydrogens is 328 g/mol. The molecule has 0 spiro atoms. The molecule has 4 nitrogen and oxygen atoms in total. The molecule has 0 radical (unpaired) electrons. The summed E-state index contributed by atoms with van der Waals surface area (Å²) in [6, 6.07) is 0. The van der Waals surface area contributed by atoms with Crippen molar-refractivity contribution in [2.24, 2.45) is 11.3 Å². The lowest BCUT2D eigenvalue weighted by molar-refractivity contribution is -0.149. The number of rotatable bonds is 14. The van der Waals surface area contributed by atoms with E-state index >= 15 is 0 Å². The Morgan fingerprint density at radius 2 is 1.46 bits per heavy atom. The minimum atomic E-state index is -0.647. The second-order valence-electron chi connectivity index (χ2n) is 7.57. The molecule has 156 valence electrons. The number of unbranched alkanes of at least 4 members (excludes halogenated alkanes) is 6. The summed E-state index contributed by atoms with van der Waals surface area (Å²) in [5.41, 5.74) is -0.492. The number of hydrogen-bond acceptors (Lipinski definition) is 3. The number of aliphatic carboxylic acids is 1. The number of esters is 1. The summed E-state index contributed by atoms with van der Waals surface area (Å²) in [5.74, 6) is -0.628. The van der Waals surface area contributed by atoms with Gasteiger partial charge < -0.3 is 9.84 Å². The molecule has 2 atom stereocenters. The molecule has 0 saturated heterocycles. The fourth-order valence-electron chi connectivity index (χ4n) is 2.39. The van der Waals surface area contributed by atoms with Gasteiger partial charge in [-0.05, 0) is 32.6 Å². The molecule has 26 heavy (non-hydrogen) atoms. The fourth-order valence-corrected chi connectivity index (χ4v) is 2.39. The topological polar surface area (TPSA) is 63.6 Å². The molecule has 0 bridgehead atoms. The van der Waals surface area contributed by atoms with Crippen molar-refractivity contribution in [2.75, 3.05) is 6.61 Å². The minimum absolute atomic E-state index is 0.0426. The lowest BCUT2D eigenvalue weighted by atomic mass is 9.82. The number of carbonyl (C=O) groups excluding carboxylic acids is 1. The monoisotopic (exact) mass is 372 g/mol. The zero-order valence-electron chi connectivity index (χ0n) is 18.2. The van der Waals surface area contributed by atoms with E-state index in [0.29, 0.717) is 6.61 Å². The molecule has 1 N–H and O–H groups in total. The van der Waals surface area contributed by atoms with Crippen LogP contribution in [0.4, 0.5) is 0 Å². The summed E-state index contributed by atoms with van der Waals surface area (Å²) in [6.45, 7) is 12.6. The van der Waals surface area contributed by atoms with E-state index in [1.54, 1.807) is 0 Å². The molecule has 4 heteroatoms. The number of carbonyl (C=O) groups is 2. The zero-order chi connectivity index (χ0) is 20.4. The van der Waals surface area contributed by atoms with Gasteiger partial charge in [0, 0.05) is 0 Å². The Hall–Kier alpha value is -1.06. The second-order valence-corrected chi connectivity index (χ2v) is 7.57. The van der Waals surface area contributed by atoms with E-state index in [9.17, 15) is 9.59 Å². The highest BCUT2D eigenvalue weighted by molar-refractivity contribution is 5.73. The van der Waals surface area contributed by atoms with E-state index < -0.39 is 11.4 Å². The molecule has 0 rings (SSSR count). The number of ether oxygens (including phenoxy) is 1. The predicted octanol–water partition coefficient (Wildman–Crippen LogP) is 6.61. The van der Waals surface area contributed by atoms with Crippen molar-refractivity contribution in [1.82, 2.24) is 0 Å². The first-order chi connectivity index (χ1) is 12.3. The highest BCUT2D eigenvalue weighted by atomic mass is 16.5. The van der Waals surface area contributed by atoms with Crippen LogP contribution in [0.3, 0.4) is 0 Å². The maximum Gasteiger partial charge on any atom is 0.309 e. The molecule has 0 amide bonds. The largest absolute Gasteiger partial charge is 0.481 e. The Labute approximate surface area is 162 Å². The van der Waals surface area contributed by atoms with Crippen LogP contribution in [0.15, 0.2) is 0 Å². The molecule has 0 fully saturated rings. The Morgan fingerprint density at radius 3 is 1.88 bits per heavy atom. The molecular formula is C22H44O4. The highest BCUT2D eigenvalue weighted by Gasteiger charge is 2.29. The Morgan fingerprint density at radius 1 is 0.923 bits per heavy atom. The van der Waals surface area contributed by atoms with Crippen LogP contribution in [-0.4, -0.2) is 23.7 Å². The van der Waals surface area contributed by atoms with Crippen LogP contribution in [0, 0.1) is 11.3 Å². The van der Waals surface area contributed by atoms with Crippen LogP contribution < -0.4 is 0 Å². The Kier molecular flexibility index (Phi) is 18.1. The average molecular weight is 373 g/mol. The molecule has 0 aliphatic rings. The zero-order valence-corrected chi connectivity index (χ0v) is 18.2. The van der Waals surface area contributed by atoms with Gasteiger partial charge in [-0.15, -0.1) is 0 Å². The van der Waals surface area contributed by atoms with Gasteiger partial charge in [0.1, 0.15) is 0 Å². The lowest BCUT2D eigenvalue weighted by Crippen LogP contribution is -2.26. The normalized spacial score (nSPS) is 13.9. The van der Waals surface area contributed by atoms with Crippen molar-refractivity contribution in [3.05, 3.63) is 0 Å². The van der Waals surface area contributed by atoms with Gasteiger partial charge in [0.2, 0.25) is 0 Å². The maximum absolute atomic E-state index is 11.2. The third kappa shape index (κ3) is 14.1. The van der Waals surface area contributed by atoms with E-state index in [4.69, 9.17) is 9.84 Å². The SMILES string of the molecule is CCCCCCC(C)(CC)C(=O)O.CCCCCCOC(=O)C(C)CC. The molecule has 2 unspecified atom stereocenters. The van der Waals surface area contributed by atoms with Gasteiger partial charge in [-0.1, -0.05) is 79.6 Å². The van der Waals surface area contributed by atoms with E-state index in [1.807, 2.05) is 27.7 Å². The van der Waals surface area contributed by atoms with E-state index in [0.717, 1.165) is 32.1 Å². The minimum Gasteiger partial charge on any atom is -0.481 e. The van der Waals surface area contributed by atoms with Gasteiger partial charge in [-0.2, -0.15) is 0 Å². The number of hydrogen-bond donors (Lipinski definition) is 1. The van der Waals surface area contributed by atoms with Gasteiger partial charge in [0.15, 0.2) is 0 Å². The van der Waals surface area contributed by atoms with Crippen molar-refractivity contribution in [3.63, 3.8) is 0 Å². The van der Waals surface area contributed by atoms with Crippen LogP contribution in [0.2, 0.25) is 0 Å². The maximum atomic E-state index is 11.2. The van der Waals surface area contributed by atoms with E-state index in [-0.39, 0.29) is 11.9 Å². The summed E-state index contributed by atoms with van der Waals surface area (Å²) in [5, 5.41) is 8.99. The van der Waals surface area contributed by atoms with Crippen molar-refractivity contribution < 1.29 is 19.4 Å². The second kappa shape index (κ2) is 17.4. The molecule has 0 aromatic heterocycles. The van der Waals surface area contributed by atoms with Crippen LogP contribution >= 0.6 is 0 Å².